The molecule has 2 aromatic heterocycles. The Hall–Kier alpha value is -1.48. The lowest BCUT2D eigenvalue weighted by atomic mass is 10.0. The van der Waals surface area contributed by atoms with E-state index < -0.39 is 0 Å². The van der Waals surface area contributed by atoms with Gasteiger partial charge in [-0.2, -0.15) is 5.10 Å². The van der Waals surface area contributed by atoms with E-state index in [4.69, 9.17) is 4.74 Å². The van der Waals surface area contributed by atoms with Crippen molar-refractivity contribution in [1.82, 2.24) is 20.1 Å². The number of anilines is 1. The van der Waals surface area contributed by atoms with E-state index in [0.29, 0.717) is 0 Å². The van der Waals surface area contributed by atoms with Crippen LogP contribution in [0.4, 0.5) is 5.13 Å². The third-order valence-electron chi connectivity index (χ3n) is 4.91. The SMILES string of the molecule is Cc1cc(C[C@@H]2CN(Cc3cnc(N4CCOCC4)s3)C[C@@H]2O)n[nH]1. The molecule has 0 spiro atoms. The highest BCUT2D eigenvalue weighted by molar-refractivity contribution is 7.15. The Bertz CT molecular complexity index is 697. The lowest BCUT2D eigenvalue weighted by molar-refractivity contribution is 0.122. The molecule has 2 saturated heterocycles. The first kappa shape index (κ1) is 17.0. The van der Waals surface area contributed by atoms with E-state index in [-0.39, 0.29) is 12.0 Å². The van der Waals surface area contributed by atoms with Crippen LogP contribution in [0.3, 0.4) is 0 Å². The summed E-state index contributed by atoms with van der Waals surface area (Å²) >= 11 is 1.75. The van der Waals surface area contributed by atoms with Crippen LogP contribution in [0, 0.1) is 12.8 Å². The molecule has 4 rings (SSSR count). The number of nitrogens with zero attached hydrogens (tertiary/aromatic N) is 4. The summed E-state index contributed by atoms with van der Waals surface area (Å²) in [5.41, 5.74) is 2.11. The van der Waals surface area contributed by atoms with Crippen molar-refractivity contribution >= 4 is 16.5 Å². The van der Waals surface area contributed by atoms with Gasteiger partial charge in [-0.1, -0.05) is 0 Å². The second-order valence-electron chi connectivity index (χ2n) is 6.98. The van der Waals surface area contributed by atoms with Gasteiger partial charge in [-0.3, -0.25) is 10.00 Å². The van der Waals surface area contributed by atoms with Crippen LogP contribution in [0.15, 0.2) is 12.3 Å². The predicted octanol–water partition coefficient (Wildman–Crippen LogP) is 1.05. The molecule has 0 aromatic carbocycles. The Morgan fingerprint density at radius 2 is 2.20 bits per heavy atom. The van der Waals surface area contributed by atoms with Crippen LogP contribution in [0.2, 0.25) is 0 Å². The maximum absolute atomic E-state index is 10.4. The van der Waals surface area contributed by atoms with Crippen molar-refractivity contribution in [1.29, 1.82) is 0 Å². The standard InChI is InChI=1S/C17H25N5O2S/c1-12-6-14(20-19-12)7-13-9-21(11-16(13)23)10-15-8-18-17(25-15)22-2-4-24-5-3-22/h6,8,13,16,23H,2-5,7,9-11H2,1H3,(H,19,20)/t13-,16+/m1/s1. The molecule has 2 aliphatic rings. The fourth-order valence-electron chi connectivity index (χ4n) is 3.61. The summed E-state index contributed by atoms with van der Waals surface area (Å²) in [7, 11) is 0. The number of hydrogen-bond acceptors (Lipinski definition) is 7. The Morgan fingerprint density at radius 1 is 1.36 bits per heavy atom. The number of aliphatic hydroxyl groups is 1. The molecule has 2 aliphatic heterocycles. The average molecular weight is 363 g/mol. The van der Waals surface area contributed by atoms with Gasteiger partial charge in [0.05, 0.1) is 25.0 Å². The number of rotatable bonds is 5. The number of H-pyrrole nitrogens is 1. The minimum atomic E-state index is -0.288. The first-order chi connectivity index (χ1) is 12.2. The minimum Gasteiger partial charge on any atom is -0.391 e. The van der Waals surface area contributed by atoms with Crippen LogP contribution in [-0.2, 0) is 17.7 Å². The van der Waals surface area contributed by atoms with Crippen LogP contribution in [0.25, 0.3) is 0 Å². The van der Waals surface area contributed by atoms with Crippen molar-refractivity contribution in [2.24, 2.45) is 5.92 Å². The van der Waals surface area contributed by atoms with Gasteiger partial charge in [0.1, 0.15) is 0 Å². The molecule has 0 radical (unpaired) electrons. The van der Waals surface area contributed by atoms with Crippen LogP contribution in [-0.4, -0.2) is 70.7 Å². The number of β-amino-alcohol motifs (C(OH)–C–C–N with tert-alkyl or cyclic N) is 1. The number of aromatic nitrogens is 3. The molecule has 25 heavy (non-hydrogen) atoms. The van der Waals surface area contributed by atoms with Gasteiger partial charge in [0.25, 0.3) is 0 Å². The summed E-state index contributed by atoms with van der Waals surface area (Å²) in [5.74, 6) is 0.245. The fraction of sp³-hybridized carbons (Fsp3) is 0.647. The number of aromatic amines is 1. The Kier molecular flexibility index (Phi) is 5.03. The van der Waals surface area contributed by atoms with Crippen molar-refractivity contribution in [3.8, 4) is 0 Å². The molecule has 136 valence electrons. The molecule has 2 aromatic rings. The number of hydrogen-bond donors (Lipinski definition) is 2. The van der Waals surface area contributed by atoms with E-state index in [1.54, 1.807) is 11.3 Å². The number of ether oxygens (including phenoxy) is 1. The van der Waals surface area contributed by atoms with Gasteiger partial charge < -0.3 is 14.7 Å². The molecule has 0 unspecified atom stereocenters. The molecule has 2 fully saturated rings. The van der Waals surface area contributed by atoms with Gasteiger partial charge in [0, 0.05) is 55.4 Å². The van der Waals surface area contributed by atoms with E-state index in [1.807, 2.05) is 13.1 Å². The highest BCUT2D eigenvalue weighted by Gasteiger charge is 2.32. The van der Waals surface area contributed by atoms with Crippen molar-refractivity contribution in [2.75, 3.05) is 44.3 Å². The molecule has 4 heterocycles. The van der Waals surface area contributed by atoms with E-state index in [0.717, 1.165) is 68.9 Å². The lowest BCUT2D eigenvalue weighted by Crippen LogP contribution is -2.36. The molecular weight excluding hydrogens is 338 g/mol. The zero-order valence-electron chi connectivity index (χ0n) is 14.5. The first-order valence-corrected chi connectivity index (χ1v) is 9.68. The monoisotopic (exact) mass is 363 g/mol. The van der Waals surface area contributed by atoms with Crippen LogP contribution in [0.1, 0.15) is 16.3 Å². The highest BCUT2D eigenvalue weighted by Crippen LogP contribution is 2.27. The largest absolute Gasteiger partial charge is 0.391 e. The summed E-state index contributed by atoms with van der Waals surface area (Å²) in [5, 5.41) is 18.8. The zero-order chi connectivity index (χ0) is 17.2. The summed E-state index contributed by atoms with van der Waals surface area (Å²) in [4.78, 5) is 10.4. The summed E-state index contributed by atoms with van der Waals surface area (Å²) in [6.45, 7) is 7.87. The molecule has 0 saturated carbocycles. The summed E-state index contributed by atoms with van der Waals surface area (Å²) in [6.07, 6.45) is 2.51. The number of nitrogens with one attached hydrogen (secondary N) is 1. The summed E-state index contributed by atoms with van der Waals surface area (Å²) in [6, 6.07) is 2.06. The van der Waals surface area contributed by atoms with Gasteiger partial charge in [-0.05, 0) is 19.4 Å². The molecular formula is C17H25N5O2S. The van der Waals surface area contributed by atoms with E-state index >= 15 is 0 Å². The van der Waals surface area contributed by atoms with Crippen LogP contribution in [0.5, 0.6) is 0 Å². The normalized spacial score (nSPS) is 25.0. The minimum absolute atomic E-state index is 0.245. The van der Waals surface area contributed by atoms with E-state index in [2.05, 4.69) is 31.0 Å². The molecule has 2 N–H and O–H groups in total. The van der Waals surface area contributed by atoms with Crippen molar-refractivity contribution in [3.63, 3.8) is 0 Å². The third-order valence-corrected chi connectivity index (χ3v) is 5.96. The van der Waals surface area contributed by atoms with Gasteiger partial charge in [-0.25, -0.2) is 4.98 Å². The number of thiazole rings is 1. The lowest BCUT2D eigenvalue weighted by Gasteiger charge is -2.26. The van der Waals surface area contributed by atoms with Gasteiger partial charge in [0.15, 0.2) is 5.13 Å². The first-order valence-electron chi connectivity index (χ1n) is 8.86. The number of aryl methyl sites for hydroxylation is 1. The second kappa shape index (κ2) is 7.41. The van der Waals surface area contributed by atoms with Crippen LogP contribution >= 0.6 is 11.3 Å². The Balaban J connectivity index is 1.33. The molecule has 2 atom stereocenters. The van der Waals surface area contributed by atoms with E-state index in [9.17, 15) is 5.11 Å². The fourth-order valence-corrected chi connectivity index (χ4v) is 4.61. The Morgan fingerprint density at radius 3 is 2.96 bits per heavy atom. The number of aliphatic hydroxyl groups excluding tert-OH is 1. The van der Waals surface area contributed by atoms with Crippen LogP contribution < -0.4 is 4.90 Å². The third kappa shape index (κ3) is 4.03. The molecule has 8 heteroatoms. The maximum Gasteiger partial charge on any atom is 0.185 e. The Labute approximate surface area is 151 Å². The van der Waals surface area contributed by atoms with E-state index in [1.165, 1.54) is 4.88 Å². The van der Waals surface area contributed by atoms with Gasteiger partial charge in [-0.15, -0.1) is 11.3 Å². The van der Waals surface area contributed by atoms with Gasteiger partial charge in [0.2, 0.25) is 0 Å². The van der Waals surface area contributed by atoms with Crippen molar-refractivity contribution in [2.45, 2.75) is 26.0 Å². The average Bonchev–Trinajstić information content (AvgIpc) is 3.31. The maximum atomic E-state index is 10.4. The second-order valence-corrected chi connectivity index (χ2v) is 8.07. The smallest absolute Gasteiger partial charge is 0.185 e. The predicted molar refractivity (Wildman–Crippen MR) is 96.9 cm³/mol. The zero-order valence-corrected chi connectivity index (χ0v) is 15.3. The summed E-state index contributed by atoms with van der Waals surface area (Å²) < 4.78 is 5.40. The van der Waals surface area contributed by atoms with Gasteiger partial charge >= 0.3 is 0 Å². The number of likely N-dealkylation sites (tertiary alicyclic amines) is 1. The molecule has 0 bridgehead atoms. The molecule has 0 amide bonds. The number of morpholine rings is 1. The topological polar surface area (TPSA) is 77.5 Å². The molecule has 0 aliphatic carbocycles. The quantitative estimate of drug-likeness (QED) is 0.827. The van der Waals surface area contributed by atoms with Crippen molar-refractivity contribution < 1.29 is 9.84 Å². The molecule has 7 nitrogen and oxygen atoms in total. The highest BCUT2D eigenvalue weighted by atomic mass is 32.1. The van der Waals surface area contributed by atoms with Crippen molar-refractivity contribution in [3.05, 3.63) is 28.5 Å².